The van der Waals surface area contributed by atoms with Crippen molar-refractivity contribution < 1.29 is 13.2 Å². The maximum atomic E-state index is 12.6. The summed E-state index contributed by atoms with van der Waals surface area (Å²) in [6.45, 7) is 3.26. The third-order valence-corrected chi connectivity index (χ3v) is 7.26. The summed E-state index contributed by atoms with van der Waals surface area (Å²) < 4.78 is 32.2. The molecular weight excluding hydrogens is 264 g/mol. The predicted molar refractivity (Wildman–Crippen MR) is 73.5 cm³/mol. The van der Waals surface area contributed by atoms with E-state index in [1.165, 1.54) is 0 Å². The van der Waals surface area contributed by atoms with Gasteiger partial charge in [0.05, 0.1) is 11.9 Å². The molecule has 19 heavy (non-hydrogen) atoms. The van der Waals surface area contributed by atoms with E-state index in [0.29, 0.717) is 13.2 Å². The van der Waals surface area contributed by atoms with E-state index >= 15 is 0 Å². The van der Waals surface area contributed by atoms with Crippen molar-refractivity contribution in [2.45, 2.75) is 43.4 Å². The minimum absolute atomic E-state index is 0.0497. The lowest BCUT2D eigenvalue weighted by molar-refractivity contribution is 0.146. The van der Waals surface area contributed by atoms with Crippen LogP contribution in [0.1, 0.15) is 32.1 Å². The van der Waals surface area contributed by atoms with Crippen molar-refractivity contribution in [3.05, 3.63) is 0 Å². The minimum atomic E-state index is -3.08. The van der Waals surface area contributed by atoms with Crippen LogP contribution >= 0.6 is 0 Å². The number of nitrogens with zero attached hydrogens (tertiary/aromatic N) is 1. The minimum Gasteiger partial charge on any atom is -0.383 e. The Balaban J connectivity index is 1.81. The third-order valence-electron chi connectivity index (χ3n) is 4.86. The van der Waals surface area contributed by atoms with Crippen molar-refractivity contribution in [1.29, 1.82) is 0 Å². The summed E-state index contributed by atoms with van der Waals surface area (Å²) >= 11 is 0. The number of rotatable bonds is 4. The van der Waals surface area contributed by atoms with Gasteiger partial charge in [-0.15, -0.1) is 0 Å². The smallest absolute Gasteiger partial charge is 0.217 e. The van der Waals surface area contributed by atoms with E-state index in [1.807, 2.05) is 0 Å². The highest BCUT2D eigenvalue weighted by atomic mass is 32.2. The van der Waals surface area contributed by atoms with Gasteiger partial charge < -0.3 is 10.1 Å². The van der Waals surface area contributed by atoms with Gasteiger partial charge in [0.15, 0.2) is 0 Å². The van der Waals surface area contributed by atoms with Gasteiger partial charge in [0, 0.05) is 19.7 Å². The maximum Gasteiger partial charge on any atom is 0.217 e. The first-order valence-corrected chi connectivity index (χ1v) is 8.78. The van der Waals surface area contributed by atoms with Gasteiger partial charge in [0.25, 0.3) is 0 Å². The first-order valence-electron chi connectivity index (χ1n) is 7.28. The van der Waals surface area contributed by atoms with Gasteiger partial charge in [0.1, 0.15) is 0 Å². The molecule has 5 nitrogen and oxygen atoms in total. The molecule has 3 fully saturated rings. The zero-order valence-electron chi connectivity index (χ0n) is 11.6. The average molecular weight is 288 g/mol. The second-order valence-corrected chi connectivity index (χ2v) is 8.52. The Morgan fingerprint density at radius 1 is 1.32 bits per heavy atom. The fourth-order valence-electron chi connectivity index (χ4n) is 3.63. The number of sulfonamides is 1. The molecule has 3 aliphatic rings. The number of hydrogen-bond donors (Lipinski definition) is 1. The van der Waals surface area contributed by atoms with Crippen molar-refractivity contribution in [2.24, 2.45) is 5.41 Å². The first kappa shape index (κ1) is 13.8. The van der Waals surface area contributed by atoms with Crippen LogP contribution in [-0.4, -0.2) is 57.4 Å². The Hall–Kier alpha value is -0.170. The quantitative estimate of drug-likeness (QED) is 0.821. The van der Waals surface area contributed by atoms with E-state index < -0.39 is 10.0 Å². The molecule has 0 radical (unpaired) electrons. The number of ether oxygens (including phenoxy) is 1. The molecule has 0 aromatic carbocycles. The Kier molecular flexibility index (Phi) is 3.62. The summed E-state index contributed by atoms with van der Waals surface area (Å²) in [6.07, 6.45) is 4.82. The molecule has 0 aromatic heterocycles. The normalized spacial score (nSPS) is 31.9. The van der Waals surface area contributed by atoms with Crippen molar-refractivity contribution in [2.75, 3.05) is 33.4 Å². The van der Waals surface area contributed by atoms with Crippen molar-refractivity contribution in [3.63, 3.8) is 0 Å². The van der Waals surface area contributed by atoms with Gasteiger partial charge in [-0.3, -0.25) is 0 Å². The summed E-state index contributed by atoms with van der Waals surface area (Å²) in [5.41, 5.74) is 0.191. The van der Waals surface area contributed by atoms with Gasteiger partial charge in [-0.2, -0.15) is 4.31 Å². The van der Waals surface area contributed by atoms with Crippen LogP contribution in [0.5, 0.6) is 0 Å². The van der Waals surface area contributed by atoms with Crippen LogP contribution in [0.2, 0.25) is 0 Å². The molecule has 0 aromatic rings. The third kappa shape index (κ3) is 2.55. The number of nitrogens with one attached hydrogen (secondary N) is 1. The molecule has 0 amide bonds. The highest BCUT2D eigenvalue weighted by molar-refractivity contribution is 7.90. The summed E-state index contributed by atoms with van der Waals surface area (Å²) in [5.74, 6) is 0. The SMILES string of the molecule is COC[C@@H]1CC2(CCNCC2)CN1S(=O)(=O)C1CC1. The molecule has 1 N–H and O–H groups in total. The molecule has 0 bridgehead atoms. The monoisotopic (exact) mass is 288 g/mol. The van der Waals surface area contributed by atoms with Crippen LogP contribution < -0.4 is 5.32 Å². The van der Waals surface area contributed by atoms with Gasteiger partial charge in [-0.05, 0) is 50.6 Å². The Labute approximate surface area is 115 Å². The van der Waals surface area contributed by atoms with Crippen LogP contribution in [-0.2, 0) is 14.8 Å². The largest absolute Gasteiger partial charge is 0.383 e. The Morgan fingerprint density at radius 2 is 2.00 bits per heavy atom. The average Bonchev–Trinajstić information content (AvgIpc) is 3.17. The molecule has 2 saturated heterocycles. The molecule has 110 valence electrons. The number of piperidine rings is 1. The number of hydrogen-bond acceptors (Lipinski definition) is 4. The highest BCUT2D eigenvalue weighted by Gasteiger charge is 2.52. The Morgan fingerprint density at radius 3 is 2.58 bits per heavy atom. The second kappa shape index (κ2) is 4.98. The van der Waals surface area contributed by atoms with Crippen molar-refractivity contribution in [3.8, 4) is 0 Å². The Bertz CT molecular complexity index is 427. The molecule has 1 aliphatic carbocycles. The molecule has 0 unspecified atom stereocenters. The molecule has 1 saturated carbocycles. The standard InChI is InChI=1S/C13H24N2O3S/c1-18-9-11-8-13(4-6-14-7-5-13)10-15(11)19(16,17)12-2-3-12/h11-12,14H,2-10H2,1H3/t11-/m0/s1. The molecular formula is C13H24N2O3S. The van der Waals surface area contributed by atoms with Crippen LogP contribution in [0.25, 0.3) is 0 Å². The lowest BCUT2D eigenvalue weighted by Crippen LogP contribution is -2.42. The highest BCUT2D eigenvalue weighted by Crippen LogP contribution is 2.45. The summed E-state index contributed by atoms with van der Waals surface area (Å²) in [4.78, 5) is 0. The predicted octanol–water partition coefficient (Wildman–Crippen LogP) is 0.569. The zero-order chi connectivity index (χ0) is 13.5. The summed E-state index contributed by atoms with van der Waals surface area (Å²) in [6, 6.07) is 0.0497. The fourth-order valence-corrected chi connectivity index (χ4v) is 5.75. The van der Waals surface area contributed by atoms with E-state index in [1.54, 1.807) is 11.4 Å². The van der Waals surface area contributed by atoms with Crippen LogP contribution in [0.4, 0.5) is 0 Å². The van der Waals surface area contributed by atoms with Crippen LogP contribution in [0.3, 0.4) is 0 Å². The molecule has 1 spiro atoms. The van der Waals surface area contributed by atoms with Gasteiger partial charge >= 0.3 is 0 Å². The second-order valence-electron chi connectivity index (χ2n) is 6.35. The van der Waals surface area contributed by atoms with Gasteiger partial charge in [-0.1, -0.05) is 0 Å². The maximum absolute atomic E-state index is 12.6. The van der Waals surface area contributed by atoms with Crippen LogP contribution in [0, 0.1) is 5.41 Å². The topological polar surface area (TPSA) is 58.6 Å². The summed E-state index contributed by atoms with van der Waals surface area (Å²) in [5, 5.41) is 3.26. The van der Waals surface area contributed by atoms with E-state index in [-0.39, 0.29) is 16.7 Å². The number of methoxy groups -OCH3 is 1. The first-order chi connectivity index (χ1) is 9.07. The van der Waals surface area contributed by atoms with Crippen LogP contribution in [0.15, 0.2) is 0 Å². The zero-order valence-corrected chi connectivity index (χ0v) is 12.4. The summed E-state index contributed by atoms with van der Waals surface area (Å²) in [7, 11) is -1.42. The van der Waals surface area contributed by atoms with Crippen molar-refractivity contribution >= 4 is 10.0 Å². The van der Waals surface area contributed by atoms with E-state index in [0.717, 1.165) is 45.2 Å². The molecule has 1 atom stereocenters. The lowest BCUT2D eigenvalue weighted by atomic mass is 9.77. The van der Waals surface area contributed by atoms with Gasteiger partial charge in [-0.25, -0.2) is 8.42 Å². The molecule has 6 heteroatoms. The van der Waals surface area contributed by atoms with E-state index in [4.69, 9.17) is 4.74 Å². The fraction of sp³-hybridized carbons (Fsp3) is 1.00. The molecule has 2 aliphatic heterocycles. The molecule has 3 rings (SSSR count). The van der Waals surface area contributed by atoms with E-state index in [2.05, 4.69) is 5.32 Å². The lowest BCUT2D eigenvalue weighted by Gasteiger charge is -2.33. The molecule has 2 heterocycles. The van der Waals surface area contributed by atoms with Crippen molar-refractivity contribution in [1.82, 2.24) is 9.62 Å². The van der Waals surface area contributed by atoms with E-state index in [9.17, 15) is 8.42 Å². The van der Waals surface area contributed by atoms with Gasteiger partial charge in [0.2, 0.25) is 10.0 Å².